The molecule has 0 saturated carbocycles. The van der Waals surface area contributed by atoms with Gasteiger partial charge < -0.3 is 16.5 Å². The zero-order chi connectivity index (χ0) is 22.7. The van der Waals surface area contributed by atoms with Gasteiger partial charge in [0.2, 0.25) is 0 Å². The molecule has 0 bridgehead atoms. The zero-order valence-corrected chi connectivity index (χ0v) is 17.5. The summed E-state index contributed by atoms with van der Waals surface area (Å²) < 4.78 is 30.8. The molecule has 4 N–H and O–H groups in total. The largest absolute Gasteiger partial charge is 0.353 e. The second-order valence-corrected chi connectivity index (χ2v) is 7.43. The number of pyridine rings is 1. The predicted molar refractivity (Wildman–Crippen MR) is 125 cm³/mol. The van der Waals surface area contributed by atoms with Gasteiger partial charge in [-0.25, -0.2) is 8.78 Å². The molecule has 4 nitrogen and oxygen atoms in total. The van der Waals surface area contributed by atoms with Crippen LogP contribution in [0.2, 0.25) is 0 Å². The minimum Gasteiger partial charge on any atom is -0.353 e. The SMILES string of the molecule is CC(=N)c1ccc(-c2ccc(-c3ccncc3)cc2F)c(F)c1Nc1cccc(CN)c1. The van der Waals surface area contributed by atoms with E-state index in [4.69, 9.17) is 11.1 Å². The first-order valence-electron chi connectivity index (χ1n) is 10.1. The smallest absolute Gasteiger partial charge is 0.155 e. The van der Waals surface area contributed by atoms with Gasteiger partial charge in [-0.3, -0.25) is 4.98 Å². The van der Waals surface area contributed by atoms with E-state index in [2.05, 4.69) is 10.3 Å². The normalized spacial score (nSPS) is 10.8. The van der Waals surface area contributed by atoms with E-state index in [-0.39, 0.29) is 22.5 Å². The van der Waals surface area contributed by atoms with E-state index < -0.39 is 11.6 Å². The summed E-state index contributed by atoms with van der Waals surface area (Å²) in [6.45, 7) is 1.93. The molecular weight excluding hydrogens is 406 g/mol. The van der Waals surface area contributed by atoms with E-state index in [0.29, 0.717) is 23.4 Å². The fourth-order valence-corrected chi connectivity index (χ4v) is 3.60. The molecule has 0 radical (unpaired) electrons. The van der Waals surface area contributed by atoms with Crippen LogP contribution in [0.4, 0.5) is 20.2 Å². The molecule has 160 valence electrons. The van der Waals surface area contributed by atoms with Crippen molar-refractivity contribution in [3.63, 3.8) is 0 Å². The van der Waals surface area contributed by atoms with Crippen LogP contribution in [0.1, 0.15) is 18.1 Å². The Hall–Kier alpha value is -3.90. The average molecular weight is 428 g/mol. The van der Waals surface area contributed by atoms with Crippen molar-refractivity contribution >= 4 is 17.1 Å². The number of nitrogens with zero attached hydrogens (tertiary/aromatic N) is 1. The van der Waals surface area contributed by atoms with Crippen molar-refractivity contribution in [2.45, 2.75) is 13.5 Å². The van der Waals surface area contributed by atoms with Gasteiger partial charge in [-0.15, -0.1) is 0 Å². The molecule has 4 rings (SSSR count). The van der Waals surface area contributed by atoms with Crippen molar-refractivity contribution in [1.82, 2.24) is 4.98 Å². The molecule has 0 atom stereocenters. The summed E-state index contributed by atoms with van der Waals surface area (Å²) in [6.07, 6.45) is 3.27. The molecule has 0 aliphatic rings. The molecule has 0 aliphatic heterocycles. The average Bonchev–Trinajstić information content (AvgIpc) is 2.81. The first-order chi connectivity index (χ1) is 15.5. The van der Waals surface area contributed by atoms with Crippen molar-refractivity contribution in [3.8, 4) is 22.3 Å². The van der Waals surface area contributed by atoms with Gasteiger partial charge in [0.25, 0.3) is 0 Å². The molecule has 0 aliphatic carbocycles. The van der Waals surface area contributed by atoms with Crippen LogP contribution >= 0.6 is 0 Å². The maximum Gasteiger partial charge on any atom is 0.155 e. The number of halogens is 2. The molecule has 6 heteroatoms. The lowest BCUT2D eigenvalue weighted by molar-refractivity contribution is 0.618. The summed E-state index contributed by atoms with van der Waals surface area (Å²) in [5, 5.41) is 11.1. The van der Waals surface area contributed by atoms with Crippen LogP contribution in [0.15, 0.2) is 79.1 Å². The van der Waals surface area contributed by atoms with Gasteiger partial charge >= 0.3 is 0 Å². The van der Waals surface area contributed by atoms with Gasteiger partial charge in [0.15, 0.2) is 5.82 Å². The third-order valence-corrected chi connectivity index (χ3v) is 5.25. The number of hydrogen-bond acceptors (Lipinski definition) is 4. The third-order valence-electron chi connectivity index (χ3n) is 5.25. The number of hydrogen-bond donors (Lipinski definition) is 3. The van der Waals surface area contributed by atoms with E-state index in [1.54, 1.807) is 55.7 Å². The molecular formula is C26H22F2N4. The molecule has 1 aromatic heterocycles. The number of nitrogens with two attached hydrogens (primary N) is 1. The molecule has 0 fully saturated rings. The fraction of sp³-hybridized carbons (Fsp3) is 0.0769. The van der Waals surface area contributed by atoms with Gasteiger partial charge in [0, 0.05) is 47.0 Å². The number of benzene rings is 3. The van der Waals surface area contributed by atoms with Gasteiger partial charge in [-0.2, -0.15) is 0 Å². The summed E-state index contributed by atoms with van der Waals surface area (Å²) in [5.74, 6) is -1.16. The lowest BCUT2D eigenvalue weighted by atomic mass is 9.96. The van der Waals surface area contributed by atoms with Crippen molar-refractivity contribution in [2.24, 2.45) is 5.73 Å². The molecule has 0 amide bonds. The predicted octanol–water partition coefficient (Wildman–Crippen LogP) is 6.28. The van der Waals surface area contributed by atoms with Crippen LogP contribution in [0, 0.1) is 17.0 Å². The van der Waals surface area contributed by atoms with E-state index in [1.807, 2.05) is 18.2 Å². The van der Waals surface area contributed by atoms with E-state index in [9.17, 15) is 0 Å². The molecule has 0 spiro atoms. The van der Waals surface area contributed by atoms with Gasteiger partial charge in [-0.05, 0) is 53.9 Å². The van der Waals surface area contributed by atoms with Crippen molar-refractivity contribution in [3.05, 3.63) is 102 Å². The topological polar surface area (TPSA) is 74.8 Å². The Balaban J connectivity index is 1.79. The second-order valence-electron chi connectivity index (χ2n) is 7.43. The summed E-state index contributed by atoms with van der Waals surface area (Å²) in [5.41, 5.74) is 9.72. The Morgan fingerprint density at radius 3 is 2.38 bits per heavy atom. The third kappa shape index (κ3) is 4.26. The number of aromatic nitrogens is 1. The highest BCUT2D eigenvalue weighted by Gasteiger charge is 2.19. The first kappa shape index (κ1) is 21.3. The lowest BCUT2D eigenvalue weighted by Gasteiger charge is -2.17. The Kier molecular flexibility index (Phi) is 6.05. The van der Waals surface area contributed by atoms with Crippen LogP contribution in [0.3, 0.4) is 0 Å². The van der Waals surface area contributed by atoms with Crippen molar-refractivity contribution in [2.75, 3.05) is 5.32 Å². The molecule has 1 heterocycles. The van der Waals surface area contributed by atoms with Crippen LogP contribution in [-0.2, 0) is 6.54 Å². The van der Waals surface area contributed by atoms with Crippen molar-refractivity contribution < 1.29 is 8.78 Å². The van der Waals surface area contributed by atoms with Crippen LogP contribution in [0.5, 0.6) is 0 Å². The number of rotatable bonds is 6. The molecule has 32 heavy (non-hydrogen) atoms. The highest BCUT2D eigenvalue weighted by molar-refractivity contribution is 6.03. The van der Waals surface area contributed by atoms with E-state index in [0.717, 1.165) is 11.1 Å². The monoisotopic (exact) mass is 428 g/mol. The Morgan fingerprint density at radius 2 is 1.69 bits per heavy atom. The Bertz CT molecular complexity index is 1290. The first-order valence-corrected chi connectivity index (χ1v) is 10.1. The zero-order valence-electron chi connectivity index (χ0n) is 17.5. The standard InChI is InChI=1S/C26H22F2N4/c1-16(30)21-7-8-23(25(28)26(21)32-20-4-2-3-17(13-20)15-29)22-6-5-19(14-24(22)27)18-9-11-31-12-10-18/h2-14,30,32H,15,29H2,1H3. The highest BCUT2D eigenvalue weighted by Crippen LogP contribution is 2.35. The second kappa shape index (κ2) is 9.08. The maximum atomic E-state index is 15.7. The molecule has 0 unspecified atom stereocenters. The highest BCUT2D eigenvalue weighted by atomic mass is 19.1. The van der Waals surface area contributed by atoms with Gasteiger partial charge in [0.1, 0.15) is 5.82 Å². The summed E-state index contributed by atoms with van der Waals surface area (Å²) in [7, 11) is 0. The summed E-state index contributed by atoms with van der Waals surface area (Å²) in [6, 6.07) is 18.7. The van der Waals surface area contributed by atoms with Crippen LogP contribution in [-0.4, -0.2) is 10.7 Å². The van der Waals surface area contributed by atoms with Crippen LogP contribution in [0.25, 0.3) is 22.3 Å². The minimum absolute atomic E-state index is 0.117. The number of anilines is 2. The van der Waals surface area contributed by atoms with Gasteiger partial charge in [0.05, 0.1) is 5.69 Å². The van der Waals surface area contributed by atoms with Crippen molar-refractivity contribution in [1.29, 1.82) is 5.41 Å². The molecule has 4 aromatic rings. The minimum atomic E-state index is -0.622. The van der Waals surface area contributed by atoms with E-state index in [1.165, 1.54) is 12.1 Å². The van der Waals surface area contributed by atoms with Gasteiger partial charge in [-0.1, -0.05) is 36.4 Å². The maximum absolute atomic E-state index is 15.7. The van der Waals surface area contributed by atoms with Crippen LogP contribution < -0.4 is 11.1 Å². The lowest BCUT2D eigenvalue weighted by Crippen LogP contribution is -2.06. The quantitative estimate of drug-likeness (QED) is 0.316. The van der Waals surface area contributed by atoms with E-state index >= 15 is 8.78 Å². The Morgan fingerprint density at radius 1 is 0.938 bits per heavy atom. The molecule has 3 aromatic carbocycles. The Labute approximate surface area is 185 Å². The number of nitrogens with one attached hydrogen (secondary N) is 2. The summed E-state index contributed by atoms with van der Waals surface area (Å²) >= 11 is 0. The molecule has 0 saturated heterocycles. The fourth-order valence-electron chi connectivity index (χ4n) is 3.60. The summed E-state index contributed by atoms with van der Waals surface area (Å²) in [4.78, 5) is 3.97.